The van der Waals surface area contributed by atoms with E-state index in [0.717, 1.165) is 18.8 Å². The predicted octanol–water partition coefficient (Wildman–Crippen LogP) is 3.39. The van der Waals surface area contributed by atoms with Crippen LogP contribution in [-0.2, 0) is 19.0 Å². The molecule has 0 spiro atoms. The Morgan fingerprint density at radius 3 is 1.95 bits per heavy atom. The molecule has 1 aliphatic carbocycles. The minimum absolute atomic E-state index is 0.0168. The lowest BCUT2D eigenvalue weighted by molar-refractivity contribution is -0.146. The maximum Gasteiger partial charge on any atom is 0.308 e. The van der Waals surface area contributed by atoms with Gasteiger partial charge in [-0.15, -0.1) is 0 Å². The van der Waals surface area contributed by atoms with Crippen LogP contribution in [-0.4, -0.2) is 32.6 Å². The molecule has 0 bridgehead atoms. The molecule has 4 heteroatoms. The van der Waals surface area contributed by atoms with E-state index in [1.807, 2.05) is 20.8 Å². The highest BCUT2D eigenvalue weighted by Crippen LogP contribution is 2.28. The van der Waals surface area contributed by atoms with Crippen molar-refractivity contribution >= 4 is 5.97 Å². The summed E-state index contributed by atoms with van der Waals surface area (Å²) < 4.78 is 14.5. The number of hydrogen-bond donors (Lipinski definition) is 0. The number of carbonyl (C=O) groups excluding carboxylic acids is 1. The van der Waals surface area contributed by atoms with Gasteiger partial charge < -0.3 is 14.2 Å². The molecule has 1 saturated carbocycles. The zero-order valence-electron chi connectivity index (χ0n) is 13.3. The maximum atomic E-state index is 11.1. The summed E-state index contributed by atoms with van der Waals surface area (Å²) in [7, 11) is 3.09. The molecule has 0 unspecified atom stereocenters. The molecule has 0 aromatic heterocycles. The SMILES string of the molecule is COC(=O)C1CCC(C)CC1.COCOC(C)(C)C. The first kappa shape index (κ1) is 18.4. The number of methoxy groups -OCH3 is 2. The third kappa shape index (κ3) is 9.91. The summed E-state index contributed by atoms with van der Waals surface area (Å²) in [6.45, 7) is 8.60. The minimum Gasteiger partial charge on any atom is -0.469 e. The third-order valence-electron chi connectivity index (χ3n) is 3.16. The summed E-state index contributed by atoms with van der Waals surface area (Å²) in [5.41, 5.74) is -0.0734. The molecule has 1 rings (SSSR count). The molecular weight excluding hydrogens is 244 g/mol. The normalized spacial score (nSPS) is 23.3. The van der Waals surface area contributed by atoms with Crippen molar-refractivity contribution in [3.8, 4) is 0 Å². The summed E-state index contributed by atoms with van der Waals surface area (Å²) in [5.74, 6) is 0.976. The van der Waals surface area contributed by atoms with E-state index in [-0.39, 0.29) is 17.5 Å². The van der Waals surface area contributed by atoms with Crippen molar-refractivity contribution in [3.05, 3.63) is 0 Å². The van der Waals surface area contributed by atoms with Crippen LogP contribution >= 0.6 is 0 Å². The van der Waals surface area contributed by atoms with Crippen molar-refractivity contribution < 1.29 is 19.0 Å². The van der Waals surface area contributed by atoms with E-state index in [2.05, 4.69) is 11.7 Å². The number of hydrogen-bond acceptors (Lipinski definition) is 4. The van der Waals surface area contributed by atoms with Crippen LogP contribution in [0.2, 0.25) is 0 Å². The maximum absolute atomic E-state index is 11.1. The summed E-state index contributed by atoms with van der Waals surface area (Å²) in [6.07, 6.45) is 4.40. The Labute approximate surface area is 117 Å². The van der Waals surface area contributed by atoms with E-state index in [1.54, 1.807) is 7.11 Å². The highest BCUT2D eigenvalue weighted by Gasteiger charge is 2.24. The molecule has 0 aliphatic heterocycles. The molecule has 19 heavy (non-hydrogen) atoms. The average Bonchev–Trinajstić information content (AvgIpc) is 2.36. The standard InChI is InChI=1S/C9H16O2.C6H14O2/c1-7-3-5-8(6-4-7)9(10)11-2;1-6(2,3)8-5-7-4/h7-8H,3-6H2,1-2H3;5H2,1-4H3. The number of rotatable bonds is 3. The Kier molecular flexibility index (Phi) is 9.02. The van der Waals surface area contributed by atoms with Crippen LogP contribution in [0.4, 0.5) is 0 Å². The van der Waals surface area contributed by atoms with Gasteiger partial charge in [0.1, 0.15) is 6.79 Å². The Bertz CT molecular complexity index is 237. The van der Waals surface area contributed by atoms with Crippen molar-refractivity contribution in [2.75, 3.05) is 21.0 Å². The molecule has 0 aromatic rings. The Hall–Kier alpha value is -0.610. The van der Waals surface area contributed by atoms with E-state index in [0.29, 0.717) is 6.79 Å². The zero-order valence-corrected chi connectivity index (χ0v) is 13.3. The summed E-state index contributed by atoms with van der Waals surface area (Å²) in [5, 5.41) is 0. The Morgan fingerprint density at radius 1 is 1.11 bits per heavy atom. The second kappa shape index (κ2) is 9.32. The Balaban J connectivity index is 0.000000362. The summed E-state index contributed by atoms with van der Waals surface area (Å²) in [4.78, 5) is 11.1. The first-order valence-corrected chi connectivity index (χ1v) is 7.01. The van der Waals surface area contributed by atoms with E-state index in [1.165, 1.54) is 20.0 Å². The van der Waals surface area contributed by atoms with Gasteiger partial charge in [0.05, 0.1) is 18.6 Å². The van der Waals surface area contributed by atoms with E-state index in [9.17, 15) is 4.79 Å². The van der Waals surface area contributed by atoms with Crippen molar-refractivity contribution in [2.24, 2.45) is 11.8 Å². The van der Waals surface area contributed by atoms with Crippen LogP contribution in [0.1, 0.15) is 53.4 Å². The van der Waals surface area contributed by atoms with Crippen LogP contribution in [0.3, 0.4) is 0 Å². The van der Waals surface area contributed by atoms with Gasteiger partial charge in [0.25, 0.3) is 0 Å². The monoisotopic (exact) mass is 274 g/mol. The second-order valence-corrected chi connectivity index (χ2v) is 6.14. The summed E-state index contributed by atoms with van der Waals surface area (Å²) >= 11 is 0. The van der Waals surface area contributed by atoms with Gasteiger partial charge >= 0.3 is 5.97 Å². The molecule has 1 aliphatic rings. The Morgan fingerprint density at radius 2 is 1.63 bits per heavy atom. The van der Waals surface area contributed by atoms with Crippen LogP contribution in [0.25, 0.3) is 0 Å². The number of esters is 1. The molecule has 0 radical (unpaired) electrons. The zero-order chi connectivity index (χ0) is 14.9. The van der Waals surface area contributed by atoms with Crippen molar-refractivity contribution in [2.45, 2.75) is 59.0 Å². The van der Waals surface area contributed by atoms with E-state index in [4.69, 9.17) is 9.47 Å². The average molecular weight is 274 g/mol. The number of ether oxygens (including phenoxy) is 3. The molecule has 0 N–H and O–H groups in total. The molecule has 4 nitrogen and oxygen atoms in total. The first-order valence-electron chi connectivity index (χ1n) is 7.01. The lowest BCUT2D eigenvalue weighted by Crippen LogP contribution is -2.21. The molecule has 0 amide bonds. The smallest absolute Gasteiger partial charge is 0.308 e. The fourth-order valence-corrected chi connectivity index (χ4v) is 1.90. The molecule has 0 aromatic carbocycles. The van der Waals surface area contributed by atoms with E-state index >= 15 is 0 Å². The molecule has 0 saturated heterocycles. The van der Waals surface area contributed by atoms with Gasteiger partial charge in [-0.2, -0.15) is 0 Å². The van der Waals surface area contributed by atoms with Crippen LogP contribution in [0.15, 0.2) is 0 Å². The topological polar surface area (TPSA) is 44.8 Å². The van der Waals surface area contributed by atoms with Crippen molar-refractivity contribution in [1.82, 2.24) is 0 Å². The second-order valence-electron chi connectivity index (χ2n) is 6.14. The third-order valence-corrected chi connectivity index (χ3v) is 3.16. The summed E-state index contributed by atoms with van der Waals surface area (Å²) in [6, 6.07) is 0. The largest absolute Gasteiger partial charge is 0.469 e. The minimum atomic E-state index is -0.0734. The highest BCUT2D eigenvalue weighted by molar-refractivity contribution is 5.72. The molecule has 1 fully saturated rings. The first-order chi connectivity index (χ1) is 8.80. The molecule has 0 heterocycles. The van der Waals surface area contributed by atoms with Crippen LogP contribution < -0.4 is 0 Å². The fourth-order valence-electron chi connectivity index (χ4n) is 1.90. The van der Waals surface area contributed by atoms with Gasteiger partial charge in [0, 0.05) is 7.11 Å². The van der Waals surface area contributed by atoms with E-state index < -0.39 is 0 Å². The quantitative estimate of drug-likeness (QED) is 0.584. The van der Waals surface area contributed by atoms with Gasteiger partial charge in [-0.25, -0.2) is 0 Å². The lowest BCUT2D eigenvalue weighted by atomic mass is 9.83. The van der Waals surface area contributed by atoms with Crippen molar-refractivity contribution in [1.29, 1.82) is 0 Å². The fraction of sp³-hybridized carbons (Fsp3) is 0.933. The van der Waals surface area contributed by atoms with Gasteiger partial charge in [-0.3, -0.25) is 4.79 Å². The number of carbonyl (C=O) groups is 1. The highest BCUT2D eigenvalue weighted by atomic mass is 16.7. The van der Waals surface area contributed by atoms with Gasteiger partial charge in [-0.1, -0.05) is 6.92 Å². The van der Waals surface area contributed by atoms with Crippen LogP contribution in [0.5, 0.6) is 0 Å². The molecule has 0 atom stereocenters. The van der Waals surface area contributed by atoms with Crippen LogP contribution in [0, 0.1) is 11.8 Å². The predicted molar refractivity (Wildman–Crippen MR) is 75.9 cm³/mol. The lowest BCUT2D eigenvalue weighted by Gasteiger charge is -2.23. The van der Waals surface area contributed by atoms with Gasteiger partial charge in [0.2, 0.25) is 0 Å². The van der Waals surface area contributed by atoms with Gasteiger partial charge in [-0.05, 0) is 52.4 Å². The van der Waals surface area contributed by atoms with Gasteiger partial charge in [0.15, 0.2) is 0 Å². The molecule has 114 valence electrons. The molecular formula is C15H30O4. The van der Waals surface area contributed by atoms with Crippen molar-refractivity contribution in [3.63, 3.8) is 0 Å².